The van der Waals surface area contributed by atoms with Crippen LogP contribution in [0.4, 0.5) is 22.0 Å². The summed E-state index contributed by atoms with van der Waals surface area (Å²) in [5, 5.41) is 0.499. The zero-order chi connectivity index (χ0) is 31.6. The van der Waals surface area contributed by atoms with Crippen LogP contribution in [0.15, 0.2) is 46.2 Å². The maximum atomic E-state index is 15.6. The molecular weight excluding hydrogens is 601 g/mol. The Bertz CT molecular complexity index is 1550. The highest BCUT2D eigenvalue weighted by molar-refractivity contribution is 7.99. The van der Waals surface area contributed by atoms with E-state index >= 15 is 8.78 Å². The normalized spacial score (nSPS) is 17.7. The number of halogens is 5. The maximum Gasteiger partial charge on any atom is 0.416 e. The fourth-order valence-electron chi connectivity index (χ4n) is 6.20. The van der Waals surface area contributed by atoms with Crippen LogP contribution in [0.25, 0.3) is 11.1 Å². The van der Waals surface area contributed by atoms with Crippen LogP contribution in [0, 0.1) is 18.6 Å². The van der Waals surface area contributed by atoms with Gasteiger partial charge in [-0.15, -0.1) is 11.8 Å². The number of alkyl halides is 3. The Balaban J connectivity index is 1.57. The number of nitrogens with zero attached hydrogens (tertiary/aromatic N) is 3. The van der Waals surface area contributed by atoms with Gasteiger partial charge >= 0.3 is 6.18 Å². The molecule has 3 aromatic rings. The lowest BCUT2D eigenvalue weighted by Crippen LogP contribution is -2.48. The quantitative estimate of drug-likeness (QED) is 0.200. The summed E-state index contributed by atoms with van der Waals surface area (Å²) in [5.74, 6) is -1.27. The van der Waals surface area contributed by atoms with Crippen LogP contribution in [0.3, 0.4) is 0 Å². The van der Waals surface area contributed by atoms with E-state index in [0.717, 1.165) is 57.3 Å². The van der Waals surface area contributed by atoms with Gasteiger partial charge in [-0.05, 0) is 42.7 Å². The Morgan fingerprint density at radius 3 is 2.36 bits per heavy atom. The summed E-state index contributed by atoms with van der Waals surface area (Å²) in [6, 6.07) is 7.06. The molecule has 1 unspecified atom stereocenters. The lowest BCUT2D eigenvalue weighted by molar-refractivity contribution is -0.138. The fraction of sp³-hybridized carbons (Fsp3) is 0.469. The first kappa shape index (κ1) is 32.5. The van der Waals surface area contributed by atoms with Gasteiger partial charge in [-0.1, -0.05) is 18.2 Å². The molecule has 1 aromatic heterocycles. The predicted molar refractivity (Wildman–Crippen MR) is 161 cm³/mol. The van der Waals surface area contributed by atoms with Crippen molar-refractivity contribution < 1.29 is 31.4 Å². The van der Waals surface area contributed by atoms with Crippen molar-refractivity contribution in [1.82, 2.24) is 14.4 Å². The SMILES string of the molecule is COCCCN1CCN(CC2CSc3c(Cc4c(F)cccc4C(F)(F)F)c(C)c(-c4cccc(OC)c4F)c(=O)n32)CC1. The van der Waals surface area contributed by atoms with Crippen molar-refractivity contribution in [3.8, 4) is 16.9 Å². The molecule has 2 aliphatic heterocycles. The number of fused-ring (bicyclic) bond motifs is 1. The highest BCUT2D eigenvalue weighted by atomic mass is 32.2. The first-order chi connectivity index (χ1) is 21.0. The molecule has 0 spiro atoms. The van der Waals surface area contributed by atoms with E-state index in [4.69, 9.17) is 9.47 Å². The van der Waals surface area contributed by atoms with Gasteiger partial charge in [0.15, 0.2) is 11.6 Å². The maximum absolute atomic E-state index is 15.6. The molecule has 5 rings (SSSR count). The van der Waals surface area contributed by atoms with E-state index < -0.39 is 40.9 Å². The number of benzene rings is 2. The second-order valence-corrected chi connectivity index (χ2v) is 12.2. The number of ether oxygens (including phenoxy) is 2. The number of rotatable bonds is 10. The van der Waals surface area contributed by atoms with Crippen molar-refractivity contribution in [2.45, 2.75) is 37.0 Å². The highest BCUT2D eigenvalue weighted by Crippen LogP contribution is 2.42. The summed E-state index contributed by atoms with van der Waals surface area (Å²) >= 11 is 1.38. The van der Waals surface area contributed by atoms with Crippen LogP contribution in [0.5, 0.6) is 5.75 Å². The monoisotopic (exact) mass is 637 g/mol. The second kappa shape index (κ2) is 13.6. The average Bonchev–Trinajstić information content (AvgIpc) is 3.41. The zero-order valence-electron chi connectivity index (χ0n) is 25.0. The molecule has 0 aliphatic carbocycles. The third kappa shape index (κ3) is 6.54. The lowest BCUT2D eigenvalue weighted by atomic mass is 9.92. The van der Waals surface area contributed by atoms with Gasteiger partial charge in [0.25, 0.3) is 5.56 Å². The predicted octanol–water partition coefficient (Wildman–Crippen LogP) is 6.02. The molecule has 1 atom stereocenters. The first-order valence-electron chi connectivity index (χ1n) is 14.6. The summed E-state index contributed by atoms with van der Waals surface area (Å²) in [4.78, 5) is 18.9. The van der Waals surface area contributed by atoms with Crippen molar-refractivity contribution in [2.75, 3.05) is 65.8 Å². The van der Waals surface area contributed by atoms with Crippen LogP contribution in [-0.4, -0.2) is 80.2 Å². The number of piperazine rings is 1. The van der Waals surface area contributed by atoms with Crippen LogP contribution >= 0.6 is 11.8 Å². The van der Waals surface area contributed by atoms with E-state index in [1.165, 1.54) is 31.0 Å². The lowest BCUT2D eigenvalue weighted by Gasteiger charge is -2.36. The van der Waals surface area contributed by atoms with Crippen molar-refractivity contribution in [1.29, 1.82) is 0 Å². The Labute approximate surface area is 257 Å². The Hall–Kier alpha value is -2.93. The molecule has 1 fully saturated rings. The molecule has 0 amide bonds. The van der Waals surface area contributed by atoms with Gasteiger partial charge in [0.1, 0.15) is 5.82 Å². The van der Waals surface area contributed by atoms with E-state index in [9.17, 15) is 18.0 Å². The Kier molecular flexibility index (Phi) is 10.0. The molecule has 238 valence electrons. The Morgan fingerprint density at radius 1 is 0.977 bits per heavy atom. The van der Waals surface area contributed by atoms with Gasteiger partial charge in [-0.3, -0.25) is 14.3 Å². The molecular formula is C32H36F5N3O3S. The van der Waals surface area contributed by atoms with Gasteiger partial charge in [0, 0.05) is 76.3 Å². The van der Waals surface area contributed by atoms with Crippen molar-refractivity contribution in [2.24, 2.45) is 0 Å². The summed E-state index contributed by atoms with van der Waals surface area (Å²) in [6.45, 7) is 7.15. The fourth-order valence-corrected chi connectivity index (χ4v) is 7.57. The van der Waals surface area contributed by atoms with E-state index in [1.807, 2.05) is 0 Å². The number of methoxy groups -OCH3 is 2. The smallest absolute Gasteiger partial charge is 0.416 e. The van der Waals surface area contributed by atoms with Gasteiger partial charge in [0.2, 0.25) is 0 Å². The Morgan fingerprint density at radius 2 is 1.68 bits per heavy atom. The van der Waals surface area contributed by atoms with E-state index in [2.05, 4.69) is 9.80 Å². The number of aromatic nitrogens is 1. The van der Waals surface area contributed by atoms with E-state index in [0.29, 0.717) is 35.1 Å². The van der Waals surface area contributed by atoms with Gasteiger partial charge in [-0.25, -0.2) is 8.78 Å². The molecule has 6 nitrogen and oxygen atoms in total. The summed E-state index contributed by atoms with van der Waals surface area (Å²) in [7, 11) is 3.00. The minimum absolute atomic E-state index is 0.00620. The molecule has 0 saturated carbocycles. The van der Waals surface area contributed by atoms with Gasteiger partial charge < -0.3 is 14.4 Å². The molecule has 0 bridgehead atoms. The summed E-state index contributed by atoms with van der Waals surface area (Å²) in [6.07, 6.45) is -4.23. The van der Waals surface area contributed by atoms with Crippen molar-refractivity contribution in [3.05, 3.63) is 80.6 Å². The van der Waals surface area contributed by atoms with E-state index in [1.54, 1.807) is 24.7 Å². The van der Waals surface area contributed by atoms with Crippen molar-refractivity contribution in [3.63, 3.8) is 0 Å². The molecule has 1 saturated heterocycles. The minimum Gasteiger partial charge on any atom is -0.494 e. The van der Waals surface area contributed by atoms with Crippen LogP contribution in [-0.2, 0) is 17.3 Å². The van der Waals surface area contributed by atoms with Crippen LogP contribution in [0.1, 0.15) is 34.7 Å². The minimum atomic E-state index is -4.77. The third-order valence-corrected chi connectivity index (χ3v) is 9.77. The highest BCUT2D eigenvalue weighted by Gasteiger charge is 2.37. The standard InChI is InChI=1S/C32H36F5N3O3S/c1-20-23(17-24-25(32(35,36)37)8-5-9-26(24)33)31-40(30(41)28(20)22-7-4-10-27(43-3)29(22)34)21(19-44-31)18-39-14-12-38(13-15-39)11-6-16-42-2/h4-5,7-10,21H,6,11-19H2,1-3H3. The largest absolute Gasteiger partial charge is 0.494 e. The molecule has 2 aliphatic rings. The number of hydrogen-bond acceptors (Lipinski definition) is 6. The molecule has 0 N–H and O–H groups in total. The topological polar surface area (TPSA) is 46.9 Å². The van der Waals surface area contributed by atoms with Crippen LogP contribution in [0.2, 0.25) is 0 Å². The van der Waals surface area contributed by atoms with Gasteiger partial charge in [0.05, 0.1) is 29.3 Å². The van der Waals surface area contributed by atoms with Gasteiger partial charge in [-0.2, -0.15) is 13.2 Å². The molecule has 0 radical (unpaired) electrons. The van der Waals surface area contributed by atoms with E-state index in [-0.39, 0.29) is 22.9 Å². The zero-order valence-corrected chi connectivity index (χ0v) is 25.8. The second-order valence-electron chi connectivity index (χ2n) is 11.2. The average molecular weight is 638 g/mol. The summed E-state index contributed by atoms with van der Waals surface area (Å²) < 4.78 is 84.5. The number of pyridine rings is 1. The summed E-state index contributed by atoms with van der Waals surface area (Å²) in [5.41, 5.74) is -1.26. The molecule has 3 heterocycles. The molecule has 44 heavy (non-hydrogen) atoms. The molecule has 2 aromatic carbocycles. The van der Waals surface area contributed by atoms with Crippen molar-refractivity contribution >= 4 is 11.8 Å². The number of thioether (sulfide) groups is 1. The molecule has 12 heteroatoms. The van der Waals surface area contributed by atoms with Crippen LogP contribution < -0.4 is 10.3 Å². The first-order valence-corrected chi connectivity index (χ1v) is 15.6. The third-order valence-electron chi connectivity index (χ3n) is 8.50. The number of hydrogen-bond donors (Lipinski definition) is 0.